The standard InChI is InChI=1S/C42H44ClN7O7/c1-24-38(53)49-34(40(55)46-20-19-45)22-25-6-16-35(51)31(21-25)32-23-29(13-17-36(32)52)37(41(56)47-24)50(2)42(57)33(5-3-4-18-44)48-39(54)28-9-7-26(8-10-28)27-11-14-30(43)15-12-27/h6-17,21,23-24,33-34,37,51-52H,3-5,18,20,22,44H2,1-2H3,(H,46,55)(H,47,56)(H,48,54)(H,49,53)/t24-,33-,34-,37-/m0/s1. The van der Waals surface area contributed by atoms with Crippen molar-refractivity contribution in [3.05, 3.63) is 107 Å². The average molecular weight is 794 g/mol. The van der Waals surface area contributed by atoms with E-state index < -0.39 is 53.7 Å². The maximum atomic E-state index is 14.5. The van der Waals surface area contributed by atoms with Gasteiger partial charge in [0.2, 0.25) is 23.6 Å². The molecular weight excluding hydrogens is 750 g/mol. The van der Waals surface area contributed by atoms with Crippen molar-refractivity contribution < 1.29 is 34.2 Å². The van der Waals surface area contributed by atoms with Crippen LogP contribution in [0.2, 0.25) is 5.02 Å². The van der Waals surface area contributed by atoms with E-state index in [9.17, 15) is 34.2 Å². The highest BCUT2D eigenvalue weighted by molar-refractivity contribution is 6.30. The maximum absolute atomic E-state index is 14.5. The van der Waals surface area contributed by atoms with Gasteiger partial charge in [-0.25, -0.2) is 0 Å². The summed E-state index contributed by atoms with van der Waals surface area (Å²) < 4.78 is 0. The second kappa shape index (κ2) is 18.9. The molecule has 1 aliphatic heterocycles. The zero-order valence-corrected chi connectivity index (χ0v) is 32.2. The number of aromatic hydroxyl groups is 2. The predicted molar refractivity (Wildman–Crippen MR) is 214 cm³/mol. The minimum atomic E-state index is -1.41. The molecular formula is C42H44ClN7O7. The van der Waals surface area contributed by atoms with E-state index in [1.807, 2.05) is 18.2 Å². The van der Waals surface area contributed by atoms with Crippen molar-refractivity contribution in [3.8, 4) is 39.8 Å². The van der Waals surface area contributed by atoms with Crippen LogP contribution in [0.3, 0.4) is 0 Å². The first-order valence-electron chi connectivity index (χ1n) is 18.4. The first kappa shape index (κ1) is 41.7. The molecule has 4 aromatic carbocycles. The molecule has 14 nitrogen and oxygen atoms in total. The van der Waals surface area contributed by atoms with Crippen LogP contribution in [-0.4, -0.2) is 82.9 Å². The van der Waals surface area contributed by atoms with Crippen LogP contribution in [0.4, 0.5) is 0 Å². The van der Waals surface area contributed by atoms with E-state index in [1.54, 1.807) is 42.5 Å². The number of nitrogens with two attached hydrogens (primary N) is 1. The number of hydrogen-bond acceptors (Lipinski definition) is 9. The van der Waals surface area contributed by atoms with Gasteiger partial charge in [0.1, 0.15) is 42.2 Å². The van der Waals surface area contributed by atoms with Gasteiger partial charge in [-0.1, -0.05) is 48.0 Å². The lowest BCUT2D eigenvalue weighted by Crippen LogP contribution is -2.56. The molecule has 4 bridgehead atoms. The van der Waals surface area contributed by atoms with Crippen LogP contribution < -0.4 is 27.0 Å². The van der Waals surface area contributed by atoms with E-state index in [-0.39, 0.29) is 47.6 Å². The molecule has 8 N–H and O–H groups in total. The number of rotatable bonds is 11. The Morgan fingerprint density at radius 2 is 1.54 bits per heavy atom. The molecule has 1 heterocycles. The van der Waals surface area contributed by atoms with Crippen molar-refractivity contribution in [1.82, 2.24) is 26.2 Å². The Morgan fingerprint density at radius 3 is 2.19 bits per heavy atom. The van der Waals surface area contributed by atoms with Gasteiger partial charge in [-0.2, -0.15) is 5.26 Å². The smallest absolute Gasteiger partial charge is 0.251 e. The van der Waals surface area contributed by atoms with E-state index in [4.69, 9.17) is 22.6 Å². The van der Waals surface area contributed by atoms with Gasteiger partial charge >= 0.3 is 0 Å². The molecule has 1 aliphatic rings. The number of carbonyl (C=O) groups excluding carboxylic acids is 5. The minimum Gasteiger partial charge on any atom is -0.507 e. The SMILES string of the molecule is C[C@@H]1NC(=O)[C@@H](N(C)C(=O)[C@H](CCCCN)NC(=O)c2ccc(-c3ccc(Cl)cc3)cc2)c2ccc(O)c(c2)-c2cc(ccc2O)C[C@@H](C(=O)NCC#N)NC1=O. The second-order valence-electron chi connectivity index (χ2n) is 13.7. The van der Waals surface area contributed by atoms with Crippen molar-refractivity contribution in [2.45, 2.75) is 56.8 Å². The monoisotopic (exact) mass is 793 g/mol. The van der Waals surface area contributed by atoms with Crippen LogP contribution in [0.25, 0.3) is 22.3 Å². The van der Waals surface area contributed by atoms with Gasteiger partial charge in [-0.05, 0) is 104 Å². The molecule has 0 fully saturated rings. The van der Waals surface area contributed by atoms with Crippen molar-refractivity contribution in [1.29, 1.82) is 5.26 Å². The number of halogens is 1. The summed E-state index contributed by atoms with van der Waals surface area (Å²) >= 11 is 6.03. The van der Waals surface area contributed by atoms with Gasteiger partial charge in [0.15, 0.2) is 0 Å². The Hall–Kier alpha value is -6.43. The summed E-state index contributed by atoms with van der Waals surface area (Å²) in [7, 11) is 1.39. The third kappa shape index (κ3) is 10.3. The van der Waals surface area contributed by atoms with Crippen LogP contribution in [-0.2, 0) is 25.6 Å². The quantitative estimate of drug-likeness (QED) is 0.0867. The summed E-state index contributed by atoms with van der Waals surface area (Å²) in [5.74, 6) is -3.77. The largest absolute Gasteiger partial charge is 0.507 e. The molecule has 4 aromatic rings. The Kier molecular flexibility index (Phi) is 13.9. The lowest BCUT2D eigenvalue weighted by Gasteiger charge is -2.32. The molecule has 0 radical (unpaired) electrons. The molecule has 4 atom stereocenters. The Morgan fingerprint density at radius 1 is 0.912 bits per heavy atom. The summed E-state index contributed by atoms with van der Waals surface area (Å²) in [4.78, 5) is 70.0. The van der Waals surface area contributed by atoms with Crippen molar-refractivity contribution >= 4 is 41.1 Å². The van der Waals surface area contributed by atoms with Gasteiger partial charge in [0, 0.05) is 35.2 Å². The van der Waals surface area contributed by atoms with Crippen LogP contribution in [0, 0.1) is 11.3 Å². The number of benzene rings is 4. The molecule has 15 heteroatoms. The zero-order valence-electron chi connectivity index (χ0n) is 31.4. The Bertz CT molecular complexity index is 2170. The molecule has 0 spiro atoms. The number of nitriles is 1. The van der Waals surface area contributed by atoms with Crippen LogP contribution in [0.5, 0.6) is 11.5 Å². The fourth-order valence-corrected chi connectivity index (χ4v) is 6.71. The predicted octanol–water partition coefficient (Wildman–Crippen LogP) is 3.70. The van der Waals surface area contributed by atoms with Crippen molar-refractivity contribution in [2.24, 2.45) is 5.73 Å². The number of phenols is 2. The third-order valence-electron chi connectivity index (χ3n) is 9.71. The minimum absolute atomic E-state index is 0.0545. The number of unbranched alkanes of at least 4 members (excludes halogenated alkanes) is 1. The normalized spacial score (nSPS) is 17.1. The molecule has 296 valence electrons. The van der Waals surface area contributed by atoms with E-state index in [0.29, 0.717) is 35.5 Å². The maximum Gasteiger partial charge on any atom is 0.251 e. The molecule has 5 amide bonds. The number of nitrogens with one attached hydrogen (secondary N) is 4. The average Bonchev–Trinajstić information content (AvgIpc) is 3.20. The number of phenolic OH excluding ortho intramolecular Hbond substituents is 2. The number of fused-ring (bicyclic) bond motifs is 5. The number of nitrogens with zero attached hydrogens (tertiary/aromatic N) is 2. The summed E-state index contributed by atoms with van der Waals surface area (Å²) in [5, 5.41) is 42.1. The summed E-state index contributed by atoms with van der Waals surface area (Å²) in [5.41, 5.74) is 8.81. The first-order valence-corrected chi connectivity index (χ1v) is 18.7. The lowest BCUT2D eigenvalue weighted by atomic mass is 9.93. The molecule has 0 saturated heterocycles. The number of amides is 5. The lowest BCUT2D eigenvalue weighted by molar-refractivity contribution is -0.141. The molecule has 0 unspecified atom stereocenters. The third-order valence-corrected chi connectivity index (χ3v) is 9.96. The second-order valence-corrected chi connectivity index (χ2v) is 14.2. The first-order chi connectivity index (χ1) is 27.3. The van der Waals surface area contributed by atoms with Gasteiger partial charge in [0.25, 0.3) is 5.91 Å². The summed E-state index contributed by atoms with van der Waals surface area (Å²) in [6, 6.07) is 19.7. The zero-order chi connectivity index (χ0) is 41.2. The topological polar surface area (TPSA) is 227 Å². The number of carbonyl (C=O) groups is 5. The Balaban J connectivity index is 1.50. The van der Waals surface area contributed by atoms with Gasteiger partial charge in [-0.15, -0.1) is 0 Å². The summed E-state index contributed by atoms with van der Waals surface area (Å²) in [6.07, 6.45) is 1.18. The van der Waals surface area contributed by atoms with Gasteiger partial charge < -0.3 is 42.1 Å². The molecule has 57 heavy (non-hydrogen) atoms. The highest BCUT2D eigenvalue weighted by Crippen LogP contribution is 2.39. The van der Waals surface area contributed by atoms with Crippen LogP contribution in [0.15, 0.2) is 84.9 Å². The molecule has 5 rings (SSSR count). The van der Waals surface area contributed by atoms with E-state index in [1.165, 1.54) is 44.3 Å². The van der Waals surface area contributed by atoms with E-state index >= 15 is 0 Å². The van der Waals surface area contributed by atoms with Crippen molar-refractivity contribution in [2.75, 3.05) is 20.1 Å². The highest BCUT2D eigenvalue weighted by Gasteiger charge is 2.36. The van der Waals surface area contributed by atoms with Gasteiger partial charge in [0.05, 0.1) is 6.07 Å². The number of hydrogen-bond donors (Lipinski definition) is 7. The Labute approximate surface area is 335 Å². The fraction of sp³-hybridized carbons (Fsp3) is 0.286. The summed E-state index contributed by atoms with van der Waals surface area (Å²) in [6.45, 7) is 1.45. The fourth-order valence-electron chi connectivity index (χ4n) is 6.59. The van der Waals surface area contributed by atoms with E-state index in [0.717, 1.165) is 16.0 Å². The van der Waals surface area contributed by atoms with E-state index in [2.05, 4.69) is 21.3 Å². The number of likely N-dealkylation sites (N-methyl/N-ethyl adjacent to an activating group) is 1. The van der Waals surface area contributed by atoms with Crippen LogP contribution >= 0.6 is 11.6 Å². The van der Waals surface area contributed by atoms with Crippen molar-refractivity contribution in [3.63, 3.8) is 0 Å². The molecule has 0 aliphatic carbocycles. The van der Waals surface area contributed by atoms with Crippen LogP contribution in [0.1, 0.15) is 53.7 Å². The molecule has 0 saturated carbocycles. The van der Waals surface area contributed by atoms with Gasteiger partial charge in [-0.3, -0.25) is 24.0 Å². The highest BCUT2D eigenvalue weighted by atomic mass is 35.5. The molecule has 0 aromatic heterocycles.